The molecule has 0 spiro atoms. The van der Waals surface area contributed by atoms with Crippen LogP contribution >= 0.6 is 0 Å². The van der Waals surface area contributed by atoms with Crippen molar-refractivity contribution in [1.29, 1.82) is 0 Å². The molecule has 2 rings (SSSR count). The third kappa shape index (κ3) is 8.21. The summed E-state index contributed by atoms with van der Waals surface area (Å²) in [5, 5.41) is 5.46. The second-order valence-electron chi connectivity index (χ2n) is 7.44. The van der Waals surface area contributed by atoms with Crippen LogP contribution < -0.4 is 15.4 Å². The molecule has 0 radical (unpaired) electrons. The molecule has 0 atom stereocenters. The Hall–Kier alpha value is -3.09. The van der Waals surface area contributed by atoms with Gasteiger partial charge in [0.15, 0.2) is 11.6 Å². The Balaban J connectivity index is 1.69. The first-order valence-corrected chi connectivity index (χ1v) is 9.46. The molecule has 0 aromatic heterocycles. The predicted octanol–water partition coefficient (Wildman–Crippen LogP) is 4.05. The van der Waals surface area contributed by atoms with E-state index >= 15 is 0 Å². The van der Waals surface area contributed by atoms with Crippen LogP contribution in [0.3, 0.4) is 0 Å². The smallest absolute Gasteiger partial charge is 0.407 e. The van der Waals surface area contributed by atoms with Gasteiger partial charge < -0.3 is 20.1 Å². The molecule has 2 N–H and O–H groups in total. The van der Waals surface area contributed by atoms with Gasteiger partial charge in [0.1, 0.15) is 5.60 Å². The lowest BCUT2D eigenvalue weighted by atomic mass is 10.1. The lowest BCUT2D eigenvalue weighted by Crippen LogP contribution is -2.32. The third-order valence-electron chi connectivity index (χ3n) is 3.75. The molecule has 156 valence electrons. The Morgan fingerprint density at radius 3 is 2.34 bits per heavy atom. The second kappa shape index (κ2) is 10.5. The van der Waals surface area contributed by atoms with Gasteiger partial charge in [0, 0.05) is 18.7 Å². The molecule has 0 aliphatic heterocycles. The lowest BCUT2D eigenvalue weighted by molar-refractivity contribution is 0.0523. The molecular weight excluding hydrogens is 375 g/mol. The molecule has 7 heteroatoms. The van der Waals surface area contributed by atoms with E-state index in [2.05, 4.69) is 10.6 Å². The van der Waals surface area contributed by atoms with Crippen LogP contribution in [0.5, 0.6) is 5.75 Å². The number of carbonyl (C=O) groups is 2. The zero-order valence-electron chi connectivity index (χ0n) is 17.0. The van der Waals surface area contributed by atoms with E-state index in [4.69, 9.17) is 9.47 Å². The van der Waals surface area contributed by atoms with E-state index < -0.39 is 17.5 Å². The first-order chi connectivity index (χ1) is 13.7. The maximum atomic E-state index is 13.4. The van der Waals surface area contributed by atoms with Crippen LogP contribution in [0.4, 0.5) is 9.18 Å². The fourth-order valence-electron chi connectivity index (χ4n) is 2.38. The number of hydrogen-bond acceptors (Lipinski definition) is 4. The average Bonchev–Trinajstić information content (AvgIpc) is 2.66. The van der Waals surface area contributed by atoms with Crippen LogP contribution in [0.2, 0.25) is 0 Å². The van der Waals surface area contributed by atoms with Gasteiger partial charge in [-0.1, -0.05) is 24.3 Å². The van der Waals surface area contributed by atoms with Crippen molar-refractivity contribution in [2.75, 3.05) is 13.2 Å². The highest BCUT2D eigenvalue weighted by atomic mass is 19.1. The van der Waals surface area contributed by atoms with Gasteiger partial charge in [-0.15, -0.1) is 0 Å². The fourth-order valence-corrected chi connectivity index (χ4v) is 2.38. The molecule has 6 nitrogen and oxygen atoms in total. The van der Waals surface area contributed by atoms with E-state index in [-0.39, 0.29) is 11.7 Å². The SMILES string of the molecule is CC(C)(C)OC(=O)NCc1ccc(C(=O)NCCCOc2ccccc2F)cc1. The van der Waals surface area contributed by atoms with Crippen LogP contribution in [-0.2, 0) is 11.3 Å². The summed E-state index contributed by atoms with van der Waals surface area (Å²) >= 11 is 0. The van der Waals surface area contributed by atoms with Crippen LogP contribution in [0.25, 0.3) is 0 Å². The standard InChI is InChI=1S/C22H27FN2O4/c1-22(2,3)29-21(27)25-15-16-9-11-17(12-10-16)20(26)24-13-6-14-28-19-8-5-4-7-18(19)23/h4-5,7-12H,6,13-15H2,1-3H3,(H,24,26)(H,25,27). The summed E-state index contributed by atoms with van der Waals surface area (Å²) in [5.74, 6) is -0.408. The highest BCUT2D eigenvalue weighted by molar-refractivity contribution is 5.94. The number of carbonyl (C=O) groups excluding carboxylic acids is 2. The number of hydrogen-bond donors (Lipinski definition) is 2. The van der Waals surface area contributed by atoms with E-state index in [1.165, 1.54) is 6.07 Å². The molecule has 0 fully saturated rings. The minimum Gasteiger partial charge on any atom is -0.490 e. The van der Waals surface area contributed by atoms with Crippen LogP contribution in [0, 0.1) is 5.82 Å². The topological polar surface area (TPSA) is 76.7 Å². The fraction of sp³-hybridized carbons (Fsp3) is 0.364. The Bertz CT molecular complexity index is 816. The maximum absolute atomic E-state index is 13.4. The molecular formula is C22H27FN2O4. The molecule has 0 heterocycles. The van der Waals surface area contributed by atoms with Gasteiger partial charge in [0.25, 0.3) is 5.91 Å². The summed E-state index contributed by atoms with van der Waals surface area (Å²) in [7, 11) is 0. The monoisotopic (exact) mass is 402 g/mol. The van der Waals surface area contributed by atoms with Crippen LogP contribution in [-0.4, -0.2) is 30.8 Å². The van der Waals surface area contributed by atoms with Crippen LogP contribution in [0.15, 0.2) is 48.5 Å². The van der Waals surface area contributed by atoms with Crippen molar-refractivity contribution in [3.05, 3.63) is 65.5 Å². The van der Waals surface area contributed by atoms with Gasteiger partial charge in [0.2, 0.25) is 0 Å². The average molecular weight is 402 g/mol. The van der Waals surface area contributed by atoms with Crippen molar-refractivity contribution in [3.63, 3.8) is 0 Å². The molecule has 0 aliphatic carbocycles. The van der Waals surface area contributed by atoms with Gasteiger partial charge >= 0.3 is 6.09 Å². The molecule has 0 saturated heterocycles. The van der Waals surface area contributed by atoms with Crippen molar-refractivity contribution < 1.29 is 23.5 Å². The van der Waals surface area contributed by atoms with Crippen molar-refractivity contribution >= 4 is 12.0 Å². The third-order valence-corrected chi connectivity index (χ3v) is 3.75. The number of ether oxygens (including phenoxy) is 2. The first kappa shape index (κ1) is 22.2. The van der Waals surface area contributed by atoms with E-state index in [0.717, 1.165) is 5.56 Å². The Morgan fingerprint density at radius 1 is 1.00 bits per heavy atom. The molecule has 2 amide bonds. The van der Waals surface area contributed by atoms with Gasteiger partial charge in [-0.25, -0.2) is 9.18 Å². The van der Waals surface area contributed by atoms with Crippen molar-refractivity contribution in [2.45, 2.75) is 39.3 Å². The summed E-state index contributed by atoms with van der Waals surface area (Å²) in [6, 6.07) is 13.1. The molecule has 0 unspecified atom stereocenters. The van der Waals surface area contributed by atoms with Crippen molar-refractivity contribution in [1.82, 2.24) is 10.6 Å². The highest BCUT2D eigenvalue weighted by Gasteiger charge is 2.15. The number of alkyl carbamates (subject to hydrolysis) is 1. The van der Waals surface area contributed by atoms with Crippen LogP contribution in [0.1, 0.15) is 43.1 Å². The highest BCUT2D eigenvalue weighted by Crippen LogP contribution is 2.15. The minimum absolute atomic E-state index is 0.203. The first-order valence-electron chi connectivity index (χ1n) is 9.46. The number of rotatable bonds is 8. The van der Waals surface area contributed by atoms with E-state index in [9.17, 15) is 14.0 Å². The molecule has 0 saturated carbocycles. The van der Waals surface area contributed by atoms with Gasteiger partial charge in [-0.2, -0.15) is 0 Å². The lowest BCUT2D eigenvalue weighted by Gasteiger charge is -2.19. The summed E-state index contributed by atoms with van der Waals surface area (Å²) < 4.78 is 23.9. The summed E-state index contributed by atoms with van der Waals surface area (Å²) in [5.41, 5.74) is 0.818. The summed E-state index contributed by atoms with van der Waals surface area (Å²) in [4.78, 5) is 23.8. The van der Waals surface area contributed by atoms with E-state index in [1.54, 1.807) is 63.2 Å². The summed E-state index contributed by atoms with van der Waals surface area (Å²) in [6.45, 7) is 6.42. The molecule has 0 bridgehead atoms. The molecule has 2 aromatic carbocycles. The molecule has 2 aromatic rings. The van der Waals surface area contributed by atoms with E-state index in [1.807, 2.05) is 0 Å². The van der Waals surface area contributed by atoms with Gasteiger partial charge in [-0.05, 0) is 57.0 Å². The Labute approximate surface area is 170 Å². The quantitative estimate of drug-likeness (QED) is 0.653. The number of halogens is 1. The van der Waals surface area contributed by atoms with Crippen molar-refractivity contribution in [3.8, 4) is 5.75 Å². The predicted molar refractivity (Wildman–Crippen MR) is 108 cm³/mol. The maximum Gasteiger partial charge on any atom is 0.407 e. The zero-order valence-corrected chi connectivity index (χ0v) is 17.0. The summed E-state index contributed by atoms with van der Waals surface area (Å²) in [6.07, 6.45) is 0.0646. The Kier molecular flexibility index (Phi) is 8.00. The number of nitrogens with one attached hydrogen (secondary N) is 2. The molecule has 0 aliphatic rings. The number of amides is 2. The minimum atomic E-state index is -0.549. The van der Waals surface area contributed by atoms with Gasteiger partial charge in [-0.3, -0.25) is 4.79 Å². The van der Waals surface area contributed by atoms with Crippen molar-refractivity contribution in [2.24, 2.45) is 0 Å². The second-order valence-corrected chi connectivity index (χ2v) is 7.44. The molecule has 29 heavy (non-hydrogen) atoms. The zero-order chi connectivity index (χ0) is 21.3. The number of benzene rings is 2. The van der Waals surface area contributed by atoms with E-state index in [0.29, 0.717) is 31.7 Å². The largest absolute Gasteiger partial charge is 0.490 e. The number of para-hydroxylation sites is 1. The van der Waals surface area contributed by atoms with Gasteiger partial charge in [0.05, 0.1) is 6.61 Å². The Morgan fingerprint density at radius 2 is 1.69 bits per heavy atom. The normalized spacial score (nSPS) is 10.9.